The van der Waals surface area contributed by atoms with Crippen molar-refractivity contribution in [1.82, 2.24) is 5.32 Å². The zero-order valence-electron chi connectivity index (χ0n) is 14.8. The number of benzene rings is 1. The largest absolute Gasteiger partial charge is 0.457 e. The SMILES string of the molecule is CCC(=O)O[C@@H]1[C@H](O)[C@@H](CO)O[C@@H](OCc2ccccc2)[C@H]1NC(C)=O. The van der Waals surface area contributed by atoms with E-state index in [1.807, 2.05) is 30.3 Å². The molecule has 1 amide bonds. The molecule has 0 saturated carbocycles. The van der Waals surface area contributed by atoms with Gasteiger partial charge >= 0.3 is 5.97 Å². The van der Waals surface area contributed by atoms with Crippen molar-refractivity contribution in [2.45, 2.75) is 57.5 Å². The number of hydrogen-bond acceptors (Lipinski definition) is 7. The van der Waals surface area contributed by atoms with Crippen molar-refractivity contribution < 1.29 is 34.0 Å². The van der Waals surface area contributed by atoms with Crippen molar-refractivity contribution in [3.63, 3.8) is 0 Å². The summed E-state index contributed by atoms with van der Waals surface area (Å²) < 4.78 is 16.7. The molecule has 144 valence electrons. The van der Waals surface area contributed by atoms with Crippen LogP contribution in [0.3, 0.4) is 0 Å². The first kappa shape index (κ1) is 20.3. The van der Waals surface area contributed by atoms with E-state index in [4.69, 9.17) is 14.2 Å². The fourth-order valence-electron chi connectivity index (χ4n) is 2.73. The van der Waals surface area contributed by atoms with Crippen LogP contribution in [0, 0.1) is 0 Å². The second-order valence-corrected chi connectivity index (χ2v) is 6.05. The fraction of sp³-hybridized carbons (Fsp3) is 0.556. The van der Waals surface area contributed by atoms with Gasteiger partial charge in [-0.15, -0.1) is 0 Å². The summed E-state index contributed by atoms with van der Waals surface area (Å²) in [4.78, 5) is 23.3. The minimum atomic E-state index is -1.30. The molecule has 1 heterocycles. The van der Waals surface area contributed by atoms with E-state index in [2.05, 4.69) is 5.32 Å². The highest BCUT2D eigenvalue weighted by atomic mass is 16.7. The van der Waals surface area contributed by atoms with Crippen LogP contribution in [0.5, 0.6) is 0 Å². The summed E-state index contributed by atoms with van der Waals surface area (Å²) in [5, 5.41) is 22.5. The molecule has 5 atom stereocenters. The molecule has 1 aromatic rings. The van der Waals surface area contributed by atoms with Gasteiger partial charge in [0.1, 0.15) is 18.2 Å². The minimum absolute atomic E-state index is 0.107. The maximum absolute atomic E-state index is 11.7. The summed E-state index contributed by atoms with van der Waals surface area (Å²) in [6.45, 7) is 2.62. The minimum Gasteiger partial charge on any atom is -0.457 e. The third-order valence-electron chi connectivity index (χ3n) is 4.04. The Balaban J connectivity index is 2.20. The molecular formula is C18H25NO7. The lowest BCUT2D eigenvalue weighted by atomic mass is 9.96. The molecular weight excluding hydrogens is 342 g/mol. The molecule has 1 saturated heterocycles. The number of amides is 1. The molecule has 26 heavy (non-hydrogen) atoms. The van der Waals surface area contributed by atoms with Gasteiger partial charge in [0.25, 0.3) is 0 Å². The van der Waals surface area contributed by atoms with Gasteiger partial charge in [-0.25, -0.2) is 0 Å². The van der Waals surface area contributed by atoms with E-state index >= 15 is 0 Å². The number of carbonyl (C=O) groups is 2. The Morgan fingerprint density at radius 2 is 1.96 bits per heavy atom. The molecule has 1 aliphatic rings. The summed E-state index contributed by atoms with van der Waals surface area (Å²) in [5.41, 5.74) is 0.881. The average molecular weight is 367 g/mol. The molecule has 0 aromatic heterocycles. The van der Waals surface area contributed by atoms with Gasteiger partial charge in [-0.2, -0.15) is 0 Å². The van der Waals surface area contributed by atoms with Crippen molar-refractivity contribution in [2.75, 3.05) is 6.61 Å². The first-order chi connectivity index (χ1) is 12.5. The molecule has 2 rings (SSSR count). The number of nitrogens with one attached hydrogen (secondary N) is 1. The fourth-order valence-corrected chi connectivity index (χ4v) is 2.73. The third-order valence-corrected chi connectivity index (χ3v) is 4.04. The van der Waals surface area contributed by atoms with Gasteiger partial charge < -0.3 is 29.7 Å². The average Bonchev–Trinajstić information content (AvgIpc) is 2.64. The van der Waals surface area contributed by atoms with Gasteiger partial charge in [0.05, 0.1) is 13.2 Å². The normalized spacial score (nSPS) is 28.4. The van der Waals surface area contributed by atoms with Crippen LogP contribution in [0.15, 0.2) is 30.3 Å². The lowest BCUT2D eigenvalue weighted by molar-refractivity contribution is -0.276. The first-order valence-corrected chi connectivity index (χ1v) is 8.52. The van der Waals surface area contributed by atoms with Crippen LogP contribution in [0.2, 0.25) is 0 Å². The van der Waals surface area contributed by atoms with Gasteiger partial charge in [0, 0.05) is 13.3 Å². The number of ether oxygens (including phenoxy) is 3. The molecule has 1 aromatic carbocycles. The van der Waals surface area contributed by atoms with Gasteiger partial charge in [0.2, 0.25) is 5.91 Å². The monoisotopic (exact) mass is 367 g/mol. The van der Waals surface area contributed by atoms with E-state index in [0.29, 0.717) is 0 Å². The molecule has 1 fully saturated rings. The van der Waals surface area contributed by atoms with Crippen molar-refractivity contribution in [2.24, 2.45) is 0 Å². The van der Waals surface area contributed by atoms with Crippen molar-refractivity contribution in [3.8, 4) is 0 Å². The third kappa shape index (κ3) is 5.25. The van der Waals surface area contributed by atoms with E-state index < -0.39 is 43.2 Å². The van der Waals surface area contributed by atoms with E-state index in [-0.39, 0.29) is 18.9 Å². The maximum Gasteiger partial charge on any atom is 0.305 e. The Hall–Kier alpha value is -2.00. The van der Waals surface area contributed by atoms with E-state index in [9.17, 15) is 19.8 Å². The summed E-state index contributed by atoms with van der Waals surface area (Å²) >= 11 is 0. The van der Waals surface area contributed by atoms with Gasteiger partial charge in [-0.05, 0) is 5.56 Å². The van der Waals surface area contributed by atoms with Gasteiger partial charge in [-0.1, -0.05) is 37.3 Å². The summed E-state index contributed by atoms with van der Waals surface area (Å²) in [6.07, 6.45) is -4.30. The van der Waals surface area contributed by atoms with Crippen LogP contribution in [0.25, 0.3) is 0 Å². The highest BCUT2D eigenvalue weighted by Crippen LogP contribution is 2.25. The number of esters is 1. The smallest absolute Gasteiger partial charge is 0.305 e. The van der Waals surface area contributed by atoms with E-state index in [1.54, 1.807) is 6.92 Å². The van der Waals surface area contributed by atoms with Crippen molar-refractivity contribution >= 4 is 11.9 Å². The van der Waals surface area contributed by atoms with Crippen LogP contribution in [0.1, 0.15) is 25.8 Å². The molecule has 0 bridgehead atoms. The van der Waals surface area contributed by atoms with Gasteiger partial charge in [-0.3, -0.25) is 9.59 Å². The first-order valence-electron chi connectivity index (χ1n) is 8.52. The van der Waals surface area contributed by atoms with Crippen molar-refractivity contribution in [1.29, 1.82) is 0 Å². The standard InChI is InChI=1S/C18H25NO7/c1-3-14(22)26-17-15(19-11(2)21)18(25-13(9-20)16(17)23)24-10-12-7-5-4-6-8-12/h4-8,13,15-18,20,23H,3,9-10H2,1-2H3,(H,19,21)/t13-,15+,16-,17+,18-/m1/s1. The molecule has 8 nitrogen and oxygen atoms in total. The number of carbonyl (C=O) groups excluding carboxylic acids is 2. The van der Waals surface area contributed by atoms with Crippen LogP contribution >= 0.6 is 0 Å². The second kappa shape index (κ2) is 9.63. The molecule has 8 heteroatoms. The topological polar surface area (TPSA) is 114 Å². The Morgan fingerprint density at radius 1 is 1.27 bits per heavy atom. The molecule has 1 aliphatic heterocycles. The lowest BCUT2D eigenvalue weighted by Gasteiger charge is -2.43. The van der Waals surface area contributed by atoms with Crippen LogP contribution in [-0.4, -0.2) is 59.3 Å². The van der Waals surface area contributed by atoms with Gasteiger partial charge in [0.15, 0.2) is 12.4 Å². The zero-order valence-corrected chi connectivity index (χ0v) is 14.8. The molecule has 0 radical (unpaired) electrons. The quantitative estimate of drug-likeness (QED) is 0.586. The number of rotatable bonds is 7. The molecule has 0 unspecified atom stereocenters. The van der Waals surface area contributed by atoms with E-state index in [0.717, 1.165) is 5.56 Å². The Kier molecular flexibility index (Phi) is 7.52. The molecule has 3 N–H and O–H groups in total. The summed E-state index contributed by atoms with van der Waals surface area (Å²) in [5.74, 6) is -0.927. The Morgan fingerprint density at radius 3 is 2.54 bits per heavy atom. The molecule has 0 aliphatic carbocycles. The molecule has 0 spiro atoms. The zero-order chi connectivity index (χ0) is 19.1. The maximum atomic E-state index is 11.7. The number of aliphatic hydroxyl groups is 2. The van der Waals surface area contributed by atoms with Crippen LogP contribution < -0.4 is 5.32 Å². The predicted molar refractivity (Wildman–Crippen MR) is 90.8 cm³/mol. The second-order valence-electron chi connectivity index (χ2n) is 6.05. The predicted octanol–water partition coefficient (Wildman–Crippen LogP) is 0.108. The Bertz CT molecular complexity index is 594. The van der Waals surface area contributed by atoms with Crippen molar-refractivity contribution in [3.05, 3.63) is 35.9 Å². The number of aliphatic hydroxyl groups excluding tert-OH is 2. The highest BCUT2D eigenvalue weighted by molar-refractivity contribution is 5.73. The van der Waals surface area contributed by atoms with Crippen LogP contribution in [0.4, 0.5) is 0 Å². The summed E-state index contributed by atoms with van der Waals surface area (Å²) in [7, 11) is 0. The van der Waals surface area contributed by atoms with Crippen LogP contribution in [-0.2, 0) is 30.4 Å². The summed E-state index contributed by atoms with van der Waals surface area (Å²) in [6, 6.07) is 8.41. The lowest BCUT2D eigenvalue weighted by Crippen LogP contribution is -2.65. The Labute approximate surface area is 152 Å². The number of hydrogen-bond donors (Lipinski definition) is 3. The highest BCUT2D eigenvalue weighted by Gasteiger charge is 2.48. The van der Waals surface area contributed by atoms with E-state index in [1.165, 1.54) is 6.92 Å².